The minimum Gasteiger partial charge on any atom is -0.207 e. The first-order chi connectivity index (χ1) is 9.36. The number of nitrogens with zero attached hydrogens (tertiary/aromatic N) is 1. The lowest BCUT2D eigenvalue weighted by molar-refractivity contribution is 0.469. The monoisotopic (exact) mass is 369 g/mol. The Bertz CT molecular complexity index is 706. The summed E-state index contributed by atoms with van der Waals surface area (Å²) in [5, 5.41) is 1.82. The number of thiophene rings is 2. The molecule has 0 radical (unpaired) electrons. The summed E-state index contributed by atoms with van der Waals surface area (Å²) in [6.07, 6.45) is 0. The molecule has 2 heterocycles. The maximum atomic E-state index is 12.7. The highest BCUT2D eigenvalue weighted by molar-refractivity contribution is 7.89. The normalized spacial score (nSPS) is 12.2. The van der Waals surface area contributed by atoms with Crippen LogP contribution in [0.1, 0.15) is 15.3 Å². The Kier molecular flexibility index (Phi) is 5.15. The van der Waals surface area contributed by atoms with Gasteiger partial charge in [0.25, 0.3) is 0 Å². The van der Waals surface area contributed by atoms with Gasteiger partial charge in [-0.3, -0.25) is 0 Å². The van der Waals surface area contributed by atoms with Gasteiger partial charge in [-0.2, -0.15) is 4.31 Å². The average molecular weight is 370 g/mol. The van der Waals surface area contributed by atoms with Crippen molar-refractivity contribution in [2.24, 2.45) is 0 Å². The number of hydrogen-bond acceptors (Lipinski definition) is 4. The quantitative estimate of drug-likeness (QED) is 0.735. The van der Waals surface area contributed by atoms with Gasteiger partial charge in [0, 0.05) is 23.3 Å². The summed E-state index contributed by atoms with van der Waals surface area (Å²) in [5.74, 6) is 0.200. The highest BCUT2D eigenvalue weighted by Gasteiger charge is 2.27. The molecule has 0 amide bonds. The molecule has 3 nitrogen and oxygen atoms in total. The molecule has 0 aliphatic rings. The van der Waals surface area contributed by atoms with Crippen molar-refractivity contribution < 1.29 is 8.42 Å². The third-order valence-corrected chi connectivity index (χ3v) is 7.70. The van der Waals surface area contributed by atoms with Gasteiger partial charge in [-0.1, -0.05) is 11.6 Å². The second kappa shape index (κ2) is 6.34. The molecular weight excluding hydrogens is 357 g/mol. The molecule has 0 bridgehead atoms. The average Bonchev–Trinajstić information content (AvgIpc) is 2.95. The van der Waals surface area contributed by atoms with Crippen LogP contribution in [0.15, 0.2) is 22.4 Å². The van der Waals surface area contributed by atoms with E-state index in [4.69, 9.17) is 23.2 Å². The van der Waals surface area contributed by atoms with Crippen LogP contribution in [0.5, 0.6) is 0 Å². The zero-order valence-electron chi connectivity index (χ0n) is 10.9. The third-order valence-electron chi connectivity index (χ3n) is 2.79. The van der Waals surface area contributed by atoms with Crippen LogP contribution in [0.4, 0.5) is 0 Å². The fourth-order valence-electron chi connectivity index (χ4n) is 1.82. The molecule has 0 fully saturated rings. The van der Waals surface area contributed by atoms with Gasteiger partial charge in [0.15, 0.2) is 0 Å². The molecule has 0 spiro atoms. The number of halogens is 2. The minimum absolute atomic E-state index is 0.200. The third kappa shape index (κ3) is 3.21. The first-order valence-corrected chi connectivity index (χ1v) is 9.74. The zero-order valence-corrected chi connectivity index (χ0v) is 14.9. The van der Waals surface area contributed by atoms with Gasteiger partial charge >= 0.3 is 0 Å². The number of hydrogen-bond donors (Lipinski definition) is 0. The molecule has 0 saturated carbocycles. The molecule has 0 aromatic carbocycles. The van der Waals surface area contributed by atoms with Crippen molar-refractivity contribution in [2.75, 3.05) is 7.05 Å². The summed E-state index contributed by atoms with van der Waals surface area (Å²) in [5.41, 5.74) is 0.738. The van der Waals surface area contributed by atoms with Gasteiger partial charge in [-0.15, -0.1) is 34.3 Å². The van der Waals surface area contributed by atoms with Gasteiger partial charge in [-0.25, -0.2) is 8.42 Å². The van der Waals surface area contributed by atoms with Crippen LogP contribution in [0.2, 0.25) is 4.34 Å². The Morgan fingerprint density at radius 2 is 2.05 bits per heavy atom. The van der Waals surface area contributed by atoms with Crippen LogP contribution < -0.4 is 0 Å². The Morgan fingerprint density at radius 3 is 2.60 bits per heavy atom. The minimum atomic E-state index is -3.54. The first-order valence-electron chi connectivity index (χ1n) is 5.69. The van der Waals surface area contributed by atoms with Crippen LogP contribution in [0, 0.1) is 6.92 Å². The van der Waals surface area contributed by atoms with Crippen LogP contribution in [-0.4, -0.2) is 19.8 Å². The molecule has 0 atom stereocenters. The van der Waals surface area contributed by atoms with Gasteiger partial charge < -0.3 is 0 Å². The van der Waals surface area contributed by atoms with Crippen molar-refractivity contribution in [2.45, 2.75) is 24.2 Å². The summed E-state index contributed by atoms with van der Waals surface area (Å²) >= 11 is 14.5. The molecule has 20 heavy (non-hydrogen) atoms. The van der Waals surface area contributed by atoms with E-state index in [9.17, 15) is 8.42 Å². The standard InChI is InChI=1S/C12H13Cl2NO2S3/c1-8-7-18-10(5-13)12(8)20(16,17)15(2)6-9-3-4-11(14)19-9/h3-4,7H,5-6H2,1-2H3. The lowest BCUT2D eigenvalue weighted by Crippen LogP contribution is -2.27. The van der Waals surface area contributed by atoms with E-state index in [0.29, 0.717) is 20.7 Å². The lowest BCUT2D eigenvalue weighted by atomic mass is 10.3. The van der Waals surface area contributed by atoms with Gasteiger partial charge in [0.2, 0.25) is 10.0 Å². The van der Waals surface area contributed by atoms with Crippen molar-refractivity contribution in [3.63, 3.8) is 0 Å². The Hall–Kier alpha value is -0.110. The highest BCUT2D eigenvalue weighted by atomic mass is 35.5. The molecule has 0 aliphatic carbocycles. The predicted molar refractivity (Wildman–Crippen MR) is 86.6 cm³/mol. The largest absolute Gasteiger partial charge is 0.244 e. The molecule has 8 heteroatoms. The molecule has 0 N–H and O–H groups in total. The molecule has 110 valence electrons. The van der Waals surface area contributed by atoms with Gasteiger partial charge in [-0.05, 0) is 30.0 Å². The van der Waals surface area contributed by atoms with E-state index in [1.165, 1.54) is 27.0 Å². The summed E-state index contributed by atoms with van der Waals surface area (Å²) in [6, 6.07) is 3.60. The van der Waals surface area contributed by atoms with E-state index in [1.54, 1.807) is 20.0 Å². The zero-order chi connectivity index (χ0) is 14.9. The summed E-state index contributed by atoms with van der Waals surface area (Å²) in [4.78, 5) is 1.92. The highest BCUT2D eigenvalue weighted by Crippen LogP contribution is 2.31. The fraction of sp³-hybridized carbons (Fsp3) is 0.333. The van der Waals surface area contributed by atoms with E-state index >= 15 is 0 Å². The van der Waals surface area contributed by atoms with E-state index in [2.05, 4.69) is 0 Å². The summed E-state index contributed by atoms with van der Waals surface area (Å²) in [7, 11) is -1.97. The van der Waals surface area contributed by atoms with Gasteiger partial charge in [0.05, 0.1) is 10.2 Å². The molecule has 0 saturated heterocycles. The number of sulfonamides is 1. The van der Waals surface area contributed by atoms with Crippen molar-refractivity contribution in [3.05, 3.63) is 37.2 Å². The van der Waals surface area contributed by atoms with Crippen molar-refractivity contribution in [1.82, 2.24) is 4.31 Å². The van der Waals surface area contributed by atoms with Crippen LogP contribution in [-0.2, 0) is 22.4 Å². The first kappa shape index (κ1) is 16.3. The second-order valence-corrected chi connectivity index (χ2v) is 9.28. The second-order valence-electron chi connectivity index (χ2n) is 4.27. The molecule has 2 rings (SSSR count). The molecule has 0 unspecified atom stereocenters. The predicted octanol–water partition coefficient (Wildman–Crippen LogP) is 4.33. The van der Waals surface area contributed by atoms with E-state index in [-0.39, 0.29) is 5.88 Å². The van der Waals surface area contributed by atoms with Crippen molar-refractivity contribution in [1.29, 1.82) is 0 Å². The Labute approximate surface area is 136 Å². The maximum absolute atomic E-state index is 12.7. The lowest BCUT2D eigenvalue weighted by Gasteiger charge is -2.17. The summed E-state index contributed by atoms with van der Waals surface area (Å²) in [6.45, 7) is 2.09. The van der Waals surface area contributed by atoms with E-state index in [0.717, 1.165) is 10.4 Å². The number of rotatable bonds is 5. The molecule has 2 aromatic rings. The van der Waals surface area contributed by atoms with Crippen LogP contribution in [0.25, 0.3) is 0 Å². The Balaban J connectivity index is 2.32. The number of alkyl halides is 1. The SMILES string of the molecule is Cc1csc(CCl)c1S(=O)(=O)N(C)Cc1ccc(Cl)s1. The van der Waals surface area contributed by atoms with Crippen molar-refractivity contribution in [3.8, 4) is 0 Å². The van der Waals surface area contributed by atoms with Crippen molar-refractivity contribution >= 4 is 55.9 Å². The molecule has 2 aromatic heterocycles. The topological polar surface area (TPSA) is 37.4 Å². The molecular formula is C12H13Cl2NO2S3. The molecule has 0 aliphatic heterocycles. The Morgan fingerprint density at radius 1 is 1.35 bits per heavy atom. The van der Waals surface area contributed by atoms with E-state index < -0.39 is 10.0 Å². The number of aryl methyl sites for hydroxylation is 1. The van der Waals surface area contributed by atoms with Gasteiger partial charge in [0.1, 0.15) is 4.90 Å². The maximum Gasteiger partial charge on any atom is 0.244 e. The van der Waals surface area contributed by atoms with Crippen LogP contribution in [0.3, 0.4) is 0 Å². The fourth-order valence-corrected chi connectivity index (χ4v) is 6.20. The van der Waals surface area contributed by atoms with E-state index in [1.807, 2.05) is 11.4 Å². The van der Waals surface area contributed by atoms with Crippen LogP contribution >= 0.6 is 45.9 Å². The smallest absolute Gasteiger partial charge is 0.207 e. The summed E-state index contributed by atoms with van der Waals surface area (Å²) < 4.78 is 27.3.